The smallest absolute Gasteiger partial charge is 0.273 e. The van der Waals surface area contributed by atoms with Crippen LogP contribution in [0.5, 0.6) is 0 Å². The fraction of sp³-hybridized carbons (Fsp3) is 0.129. The van der Waals surface area contributed by atoms with Crippen molar-refractivity contribution in [1.82, 2.24) is 5.01 Å². The highest BCUT2D eigenvalue weighted by Gasteiger charge is 2.27. The van der Waals surface area contributed by atoms with Crippen molar-refractivity contribution < 1.29 is 9.59 Å². The largest absolute Gasteiger partial charge is 0.378 e. The Morgan fingerprint density at radius 2 is 1.25 bits per heavy atom. The van der Waals surface area contributed by atoms with Crippen molar-refractivity contribution in [2.45, 2.75) is 5.92 Å². The first-order chi connectivity index (χ1) is 17.5. The third-order valence-corrected chi connectivity index (χ3v) is 5.94. The monoisotopic (exact) mass is 475 g/mol. The van der Waals surface area contributed by atoms with Crippen LogP contribution >= 0.6 is 0 Å². The topological polar surface area (TPSA) is 53.0 Å². The van der Waals surface area contributed by atoms with Crippen LogP contribution in [0.1, 0.15) is 37.8 Å². The van der Waals surface area contributed by atoms with E-state index in [0.717, 1.165) is 16.8 Å². The number of hydrogen-bond donors (Lipinski definition) is 0. The van der Waals surface area contributed by atoms with Crippen LogP contribution in [0.15, 0.2) is 120 Å². The molecule has 1 amide bonds. The summed E-state index contributed by atoms with van der Waals surface area (Å²) in [5.41, 5.74) is 3.88. The van der Waals surface area contributed by atoms with Gasteiger partial charge in [0, 0.05) is 30.9 Å². The second-order valence-electron chi connectivity index (χ2n) is 8.68. The van der Waals surface area contributed by atoms with E-state index in [9.17, 15) is 9.59 Å². The molecule has 0 N–H and O–H groups in total. The Balaban J connectivity index is 1.69. The average molecular weight is 476 g/mol. The summed E-state index contributed by atoms with van der Waals surface area (Å²) in [6, 6.07) is 35.6. The lowest BCUT2D eigenvalue weighted by Crippen LogP contribution is -2.33. The van der Waals surface area contributed by atoms with Gasteiger partial charge in [-0.05, 0) is 35.4 Å². The number of hydrazone groups is 1. The average Bonchev–Trinajstić information content (AvgIpc) is 2.94. The highest BCUT2D eigenvalue weighted by molar-refractivity contribution is 6.02. The van der Waals surface area contributed by atoms with Crippen LogP contribution in [0.3, 0.4) is 0 Å². The summed E-state index contributed by atoms with van der Waals surface area (Å²) < 4.78 is 0. The van der Waals surface area contributed by atoms with Crippen molar-refractivity contribution in [1.29, 1.82) is 0 Å². The van der Waals surface area contributed by atoms with E-state index in [-0.39, 0.29) is 18.2 Å². The standard InChI is InChI=1S/C31H29N3O2/c1-33(2)28-20-18-24(19-21-28)22-32-34(31(36)27-16-10-5-11-17-27)23-29(25-12-6-3-7-13-25)30(35)26-14-8-4-9-15-26/h3-22,29H,23H2,1-2H3. The van der Waals surface area contributed by atoms with Crippen LogP contribution in [0.25, 0.3) is 0 Å². The maximum atomic E-state index is 13.6. The normalized spacial score (nSPS) is 11.7. The molecular formula is C31H29N3O2. The lowest BCUT2D eigenvalue weighted by atomic mass is 9.90. The molecule has 5 heteroatoms. The number of carbonyl (C=O) groups is 2. The van der Waals surface area contributed by atoms with Gasteiger partial charge in [0.25, 0.3) is 5.91 Å². The number of amides is 1. The molecule has 36 heavy (non-hydrogen) atoms. The van der Waals surface area contributed by atoms with E-state index in [2.05, 4.69) is 5.10 Å². The molecule has 0 spiro atoms. The first-order valence-electron chi connectivity index (χ1n) is 11.9. The Labute approximate surface area is 212 Å². The minimum absolute atomic E-state index is 0.0572. The Bertz CT molecular complexity index is 1300. The highest BCUT2D eigenvalue weighted by atomic mass is 16.2. The van der Waals surface area contributed by atoms with Crippen molar-refractivity contribution in [2.24, 2.45) is 5.10 Å². The van der Waals surface area contributed by atoms with Crippen molar-refractivity contribution >= 4 is 23.6 Å². The summed E-state index contributed by atoms with van der Waals surface area (Å²) in [7, 11) is 3.97. The molecule has 0 aliphatic rings. The number of benzene rings is 4. The van der Waals surface area contributed by atoms with Gasteiger partial charge in [-0.2, -0.15) is 5.10 Å². The quantitative estimate of drug-likeness (QED) is 0.172. The molecule has 0 bridgehead atoms. The number of Topliss-reactive ketones (excluding diaryl/α,β-unsaturated/α-hetero) is 1. The predicted octanol–water partition coefficient (Wildman–Crippen LogP) is 5.90. The summed E-state index contributed by atoms with van der Waals surface area (Å²) in [6.45, 7) is 0.109. The molecule has 1 unspecified atom stereocenters. The van der Waals surface area contributed by atoms with Crippen LogP contribution in [0.2, 0.25) is 0 Å². The molecule has 4 aromatic carbocycles. The molecule has 5 nitrogen and oxygen atoms in total. The summed E-state index contributed by atoms with van der Waals surface area (Å²) in [5.74, 6) is -0.897. The number of nitrogens with zero attached hydrogens (tertiary/aromatic N) is 3. The van der Waals surface area contributed by atoms with Gasteiger partial charge in [0.1, 0.15) is 0 Å². The minimum Gasteiger partial charge on any atom is -0.378 e. The molecule has 180 valence electrons. The summed E-state index contributed by atoms with van der Waals surface area (Å²) in [4.78, 5) is 29.2. The third-order valence-electron chi connectivity index (χ3n) is 5.94. The molecule has 1 atom stereocenters. The molecule has 0 saturated carbocycles. The van der Waals surface area contributed by atoms with Gasteiger partial charge >= 0.3 is 0 Å². The lowest BCUT2D eigenvalue weighted by Gasteiger charge is -2.24. The van der Waals surface area contributed by atoms with E-state index in [1.807, 2.05) is 110 Å². The van der Waals surface area contributed by atoms with Crippen molar-refractivity contribution in [3.8, 4) is 0 Å². The first-order valence-corrected chi connectivity index (χ1v) is 11.9. The molecular weight excluding hydrogens is 446 g/mol. The molecule has 0 saturated heterocycles. The fourth-order valence-corrected chi connectivity index (χ4v) is 3.91. The molecule has 0 aromatic heterocycles. The summed E-state index contributed by atoms with van der Waals surface area (Å²) >= 11 is 0. The summed E-state index contributed by atoms with van der Waals surface area (Å²) in [6.07, 6.45) is 1.66. The van der Waals surface area contributed by atoms with Gasteiger partial charge in [0.05, 0.1) is 18.7 Å². The van der Waals surface area contributed by atoms with Gasteiger partial charge < -0.3 is 4.90 Å². The zero-order valence-electron chi connectivity index (χ0n) is 20.5. The van der Waals surface area contributed by atoms with E-state index in [1.165, 1.54) is 5.01 Å². The van der Waals surface area contributed by atoms with E-state index in [1.54, 1.807) is 30.5 Å². The maximum Gasteiger partial charge on any atom is 0.273 e. The summed E-state index contributed by atoms with van der Waals surface area (Å²) in [5, 5.41) is 5.98. The SMILES string of the molecule is CN(C)c1ccc(C=NN(CC(C(=O)c2ccccc2)c2ccccc2)C(=O)c2ccccc2)cc1. The van der Waals surface area contributed by atoms with Gasteiger partial charge in [0.15, 0.2) is 5.78 Å². The van der Waals surface area contributed by atoms with Crippen molar-refractivity contribution in [3.05, 3.63) is 138 Å². The second kappa shape index (κ2) is 11.8. The fourth-order valence-electron chi connectivity index (χ4n) is 3.91. The van der Waals surface area contributed by atoms with Crippen LogP contribution in [0.4, 0.5) is 5.69 Å². The molecule has 0 fully saturated rings. The van der Waals surface area contributed by atoms with Gasteiger partial charge in [-0.25, -0.2) is 5.01 Å². The maximum absolute atomic E-state index is 13.6. The number of anilines is 1. The highest BCUT2D eigenvalue weighted by Crippen LogP contribution is 2.24. The lowest BCUT2D eigenvalue weighted by molar-refractivity contribution is 0.0736. The van der Waals surface area contributed by atoms with E-state index in [0.29, 0.717) is 11.1 Å². The van der Waals surface area contributed by atoms with Crippen molar-refractivity contribution in [3.63, 3.8) is 0 Å². The number of ketones is 1. The number of carbonyl (C=O) groups excluding carboxylic acids is 2. The van der Waals surface area contributed by atoms with Gasteiger partial charge in [-0.3, -0.25) is 9.59 Å². The second-order valence-corrected chi connectivity index (χ2v) is 8.68. The van der Waals surface area contributed by atoms with Crippen LogP contribution in [-0.4, -0.2) is 43.6 Å². The van der Waals surface area contributed by atoms with Crippen LogP contribution in [-0.2, 0) is 0 Å². The predicted molar refractivity (Wildman–Crippen MR) is 146 cm³/mol. The van der Waals surface area contributed by atoms with Crippen LogP contribution in [0, 0.1) is 0 Å². The van der Waals surface area contributed by atoms with E-state index < -0.39 is 5.92 Å². The van der Waals surface area contributed by atoms with Crippen LogP contribution < -0.4 is 4.90 Å². The Hall–Kier alpha value is -4.51. The molecule has 0 aliphatic carbocycles. The van der Waals surface area contributed by atoms with Gasteiger partial charge in [-0.15, -0.1) is 0 Å². The van der Waals surface area contributed by atoms with E-state index >= 15 is 0 Å². The Morgan fingerprint density at radius 1 is 0.722 bits per heavy atom. The van der Waals surface area contributed by atoms with Gasteiger partial charge in [-0.1, -0.05) is 91.0 Å². The molecule has 0 aliphatic heterocycles. The van der Waals surface area contributed by atoms with Crippen molar-refractivity contribution in [2.75, 3.05) is 25.5 Å². The van der Waals surface area contributed by atoms with Gasteiger partial charge in [0.2, 0.25) is 0 Å². The minimum atomic E-state index is -0.575. The number of hydrogen-bond acceptors (Lipinski definition) is 4. The zero-order valence-corrected chi connectivity index (χ0v) is 20.5. The zero-order chi connectivity index (χ0) is 25.3. The Morgan fingerprint density at radius 3 is 1.81 bits per heavy atom. The molecule has 0 heterocycles. The third kappa shape index (κ3) is 6.13. The van der Waals surface area contributed by atoms with E-state index in [4.69, 9.17) is 0 Å². The molecule has 4 aromatic rings. The molecule has 4 rings (SSSR count). The first kappa shape index (κ1) is 24.6. The number of rotatable bonds is 9. The molecule has 0 radical (unpaired) electrons. The Kier molecular flexibility index (Phi) is 8.04.